The Morgan fingerprint density at radius 1 is 0.795 bits per heavy atom. The fraction of sp³-hybridized carbons (Fsp3) is 0.214. The van der Waals surface area contributed by atoms with Gasteiger partial charge >= 0.3 is 17.8 Å². The van der Waals surface area contributed by atoms with Gasteiger partial charge in [0, 0.05) is 31.0 Å². The number of fused-ring (bicyclic) bond motifs is 4. The Bertz CT molecular complexity index is 1840. The molecule has 0 saturated carbocycles. The molecule has 0 fully saturated rings. The SMILES string of the molecule is COc1cc2c(c3c(C)c(C4=C(c5sc6ccccc6c5C)C(F)(F)C(F)(F)C4(F)F)sc13)C(=O)C=CC2=O. The Balaban J connectivity index is 1.78. The predicted molar refractivity (Wildman–Crippen MR) is 139 cm³/mol. The predicted octanol–water partition coefficient (Wildman–Crippen LogP) is 8.51. The van der Waals surface area contributed by atoms with Gasteiger partial charge in [0.1, 0.15) is 5.75 Å². The van der Waals surface area contributed by atoms with Crippen molar-refractivity contribution < 1.29 is 40.7 Å². The van der Waals surface area contributed by atoms with E-state index < -0.39 is 45.4 Å². The highest BCUT2D eigenvalue weighted by Crippen LogP contribution is 2.67. The second-order valence-electron chi connectivity index (χ2n) is 9.35. The van der Waals surface area contributed by atoms with Gasteiger partial charge in [-0.3, -0.25) is 9.59 Å². The van der Waals surface area contributed by atoms with Crippen molar-refractivity contribution in [3.63, 3.8) is 0 Å². The highest BCUT2D eigenvalue weighted by molar-refractivity contribution is 7.21. The minimum Gasteiger partial charge on any atom is -0.495 e. The Hall–Kier alpha value is -3.44. The number of hydrogen-bond donors (Lipinski definition) is 0. The first-order chi connectivity index (χ1) is 18.3. The highest BCUT2D eigenvalue weighted by atomic mass is 32.1. The van der Waals surface area contributed by atoms with E-state index in [1.54, 1.807) is 24.3 Å². The lowest BCUT2D eigenvalue weighted by Crippen LogP contribution is -2.48. The van der Waals surface area contributed by atoms with E-state index >= 15 is 26.3 Å². The molecule has 11 heteroatoms. The molecule has 0 N–H and O–H groups in total. The smallest absolute Gasteiger partial charge is 0.380 e. The van der Waals surface area contributed by atoms with Crippen LogP contribution in [0.1, 0.15) is 41.6 Å². The van der Waals surface area contributed by atoms with Crippen LogP contribution in [-0.4, -0.2) is 36.4 Å². The maximum absolute atomic E-state index is 15.6. The highest BCUT2D eigenvalue weighted by Gasteiger charge is 2.80. The summed E-state index contributed by atoms with van der Waals surface area (Å²) >= 11 is 1.29. The number of methoxy groups -OCH3 is 1. The van der Waals surface area contributed by atoms with Crippen molar-refractivity contribution in [3.05, 3.63) is 74.5 Å². The van der Waals surface area contributed by atoms with Crippen LogP contribution in [-0.2, 0) is 0 Å². The average molecular weight is 579 g/mol. The van der Waals surface area contributed by atoms with Gasteiger partial charge in [-0.25, -0.2) is 0 Å². The van der Waals surface area contributed by atoms with Crippen molar-refractivity contribution in [3.8, 4) is 5.75 Å². The van der Waals surface area contributed by atoms with Gasteiger partial charge in [0.2, 0.25) is 0 Å². The molecule has 2 aromatic carbocycles. The quantitative estimate of drug-likeness (QED) is 0.229. The first kappa shape index (κ1) is 25.8. The van der Waals surface area contributed by atoms with Crippen LogP contribution in [0.3, 0.4) is 0 Å². The molecule has 0 aliphatic heterocycles. The maximum atomic E-state index is 15.6. The van der Waals surface area contributed by atoms with Crippen LogP contribution >= 0.6 is 22.7 Å². The summed E-state index contributed by atoms with van der Waals surface area (Å²) in [5, 5.41) is 0.514. The third-order valence-electron chi connectivity index (χ3n) is 7.25. The number of allylic oxidation sites excluding steroid dienone is 4. The Kier molecular flexibility index (Phi) is 5.33. The van der Waals surface area contributed by atoms with Crippen molar-refractivity contribution in [2.45, 2.75) is 31.6 Å². The molecule has 39 heavy (non-hydrogen) atoms. The molecule has 2 heterocycles. The van der Waals surface area contributed by atoms with Crippen LogP contribution < -0.4 is 4.74 Å². The van der Waals surface area contributed by atoms with E-state index in [0.717, 1.165) is 23.5 Å². The molecular weight excluding hydrogens is 562 g/mol. The number of rotatable bonds is 3. The molecule has 2 aliphatic rings. The minimum absolute atomic E-state index is 0.0274. The number of benzene rings is 2. The number of hydrogen-bond acceptors (Lipinski definition) is 5. The molecule has 0 spiro atoms. The second-order valence-corrected chi connectivity index (χ2v) is 11.4. The van der Waals surface area contributed by atoms with E-state index in [-0.39, 0.29) is 43.0 Å². The largest absolute Gasteiger partial charge is 0.495 e. The summed E-state index contributed by atoms with van der Waals surface area (Å²) in [6.45, 7) is 2.72. The third kappa shape index (κ3) is 3.11. The van der Waals surface area contributed by atoms with Crippen LogP contribution in [0.25, 0.3) is 31.3 Å². The Labute approximate surface area is 225 Å². The molecule has 0 saturated heterocycles. The molecule has 0 atom stereocenters. The van der Waals surface area contributed by atoms with E-state index in [9.17, 15) is 9.59 Å². The number of halogens is 6. The third-order valence-corrected chi connectivity index (χ3v) is 9.86. The van der Waals surface area contributed by atoms with Crippen LogP contribution in [0.5, 0.6) is 5.75 Å². The molecule has 3 nitrogen and oxygen atoms in total. The van der Waals surface area contributed by atoms with Crippen molar-refractivity contribution in [1.29, 1.82) is 0 Å². The van der Waals surface area contributed by atoms with Gasteiger partial charge in [-0.2, -0.15) is 26.3 Å². The summed E-state index contributed by atoms with van der Waals surface area (Å²) in [6, 6.07) is 7.73. The second kappa shape index (κ2) is 8.04. The van der Waals surface area contributed by atoms with Crippen LogP contribution in [0.15, 0.2) is 42.5 Å². The lowest BCUT2D eigenvalue weighted by molar-refractivity contribution is -0.254. The number of ether oxygens (including phenoxy) is 1. The zero-order valence-electron chi connectivity index (χ0n) is 20.4. The number of carbonyl (C=O) groups is 2. The van der Waals surface area contributed by atoms with E-state index in [0.29, 0.717) is 21.4 Å². The molecule has 4 aromatic rings. The Morgan fingerprint density at radius 2 is 1.38 bits per heavy atom. The summed E-state index contributed by atoms with van der Waals surface area (Å²) in [4.78, 5) is 24.5. The van der Waals surface area contributed by atoms with Crippen LogP contribution in [0.4, 0.5) is 26.3 Å². The zero-order chi connectivity index (χ0) is 28.2. The fourth-order valence-electron chi connectivity index (χ4n) is 5.31. The summed E-state index contributed by atoms with van der Waals surface area (Å²) in [5.41, 5.74) is -3.02. The van der Waals surface area contributed by atoms with E-state index in [1.807, 2.05) is 0 Å². The summed E-state index contributed by atoms with van der Waals surface area (Å²) in [5.74, 6) is -17.3. The number of ketones is 2. The van der Waals surface area contributed by atoms with Crippen molar-refractivity contribution in [2.24, 2.45) is 0 Å². The number of alkyl halides is 6. The van der Waals surface area contributed by atoms with Gasteiger partial charge in [0.25, 0.3) is 0 Å². The monoisotopic (exact) mass is 578 g/mol. The molecule has 0 radical (unpaired) electrons. The molecule has 2 aliphatic carbocycles. The molecular formula is C28H16F6O3S2. The van der Waals surface area contributed by atoms with Crippen LogP contribution in [0, 0.1) is 13.8 Å². The molecule has 6 rings (SSSR count). The van der Waals surface area contributed by atoms with Gasteiger partial charge in [-0.05, 0) is 54.6 Å². The van der Waals surface area contributed by atoms with E-state index in [2.05, 4.69) is 0 Å². The van der Waals surface area contributed by atoms with Gasteiger partial charge < -0.3 is 4.74 Å². The minimum atomic E-state index is -5.73. The van der Waals surface area contributed by atoms with Gasteiger partial charge in [-0.1, -0.05) is 18.2 Å². The standard InChI is InChI=1S/C28H16F6O3S2/c1-11-13-6-4-5-7-18(13)38-23(11)21-22(27(31,32)28(33,34)26(21,29)30)24-12(2)19-20-14(15(35)8-9-16(20)36)10-17(37-3)25(19)39-24/h4-10H,1-3H3. The summed E-state index contributed by atoms with van der Waals surface area (Å²) < 4.78 is 98.2. The number of thiophene rings is 2. The maximum Gasteiger partial charge on any atom is 0.380 e. The normalized spacial score (nSPS) is 19.4. The first-order valence-electron chi connectivity index (χ1n) is 11.5. The number of carbonyl (C=O) groups excluding carboxylic acids is 2. The molecule has 0 amide bonds. The molecule has 200 valence electrons. The lowest BCUT2D eigenvalue weighted by atomic mass is 9.89. The van der Waals surface area contributed by atoms with E-state index in [4.69, 9.17) is 4.74 Å². The zero-order valence-corrected chi connectivity index (χ0v) is 22.0. The topological polar surface area (TPSA) is 43.4 Å². The van der Waals surface area contributed by atoms with Crippen molar-refractivity contribution >= 4 is 65.6 Å². The number of aryl methyl sites for hydroxylation is 2. The average Bonchev–Trinajstić information content (AvgIpc) is 3.43. The van der Waals surface area contributed by atoms with Gasteiger partial charge in [0.15, 0.2) is 11.6 Å². The summed E-state index contributed by atoms with van der Waals surface area (Å²) in [7, 11) is 1.25. The van der Waals surface area contributed by atoms with Crippen LogP contribution in [0.2, 0.25) is 0 Å². The fourth-order valence-corrected chi connectivity index (χ4v) is 7.99. The van der Waals surface area contributed by atoms with Gasteiger partial charge in [0.05, 0.1) is 23.0 Å². The molecule has 0 unspecified atom stereocenters. The van der Waals surface area contributed by atoms with Gasteiger partial charge in [-0.15, -0.1) is 22.7 Å². The van der Waals surface area contributed by atoms with Crippen molar-refractivity contribution in [1.82, 2.24) is 0 Å². The Morgan fingerprint density at radius 3 is 2.00 bits per heavy atom. The van der Waals surface area contributed by atoms with E-state index in [1.165, 1.54) is 27.0 Å². The van der Waals surface area contributed by atoms with Crippen molar-refractivity contribution in [2.75, 3.05) is 7.11 Å². The molecule has 0 bridgehead atoms. The lowest BCUT2D eigenvalue weighted by Gasteiger charge is -2.25. The first-order valence-corrected chi connectivity index (χ1v) is 13.2. The summed E-state index contributed by atoms with van der Waals surface area (Å²) in [6.07, 6.45) is 2.07. The molecule has 2 aromatic heterocycles.